The number of imidazole rings is 1. The van der Waals surface area contributed by atoms with Gasteiger partial charge in [-0.15, -0.1) is 0 Å². The number of hydrogen-bond acceptors (Lipinski definition) is 6. The summed E-state index contributed by atoms with van der Waals surface area (Å²) in [5.41, 5.74) is 4.50. The van der Waals surface area contributed by atoms with Gasteiger partial charge < -0.3 is 14.4 Å². The number of carbonyl (C=O) groups excluding carboxylic acids is 1. The number of halogens is 2. The molecule has 42 heavy (non-hydrogen) atoms. The molecule has 5 rings (SSSR count). The highest BCUT2D eigenvalue weighted by molar-refractivity contribution is 7.92. The number of methoxy groups -OCH3 is 1. The molecule has 1 aromatic heterocycles. The SMILES string of the molecule is COC(=O)c1cccc(-n2cc(-c3ccc(Cl)cc3Cl)nc2Cc2ccc(-c3ccc(O)cc3)cc2)c1NS(C)(=O)=O. The molecule has 0 unspecified atom stereocenters. The van der Waals surface area contributed by atoms with E-state index in [1.54, 1.807) is 53.2 Å². The van der Waals surface area contributed by atoms with Crippen LogP contribution in [0.1, 0.15) is 21.7 Å². The number of phenols is 1. The van der Waals surface area contributed by atoms with Gasteiger partial charge in [0, 0.05) is 23.2 Å². The topological polar surface area (TPSA) is 111 Å². The summed E-state index contributed by atoms with van der Waals surface area (Å²) < 4.78 is 33.9. The van der Waals surface area contributed by atoms with Gasteiger partial charge in [0.1, 0.15) is 11.6 Å². The molecule has 11 heteroatoms. The standard InChI is InChI=1S/C31H25Cl2N3O5S/c1-41-31(38)25-4-3-5-28(30(25)35-42(2,39)40)36-18-27(24-15-12-22(32)17-26(24)33)34-29(36)16-19-6-8-20(9-7-19)21-10-13-23(37)14-11-21/h3-15,17-18,35,37H,16H2,1-2H3. The molecule has 0 aliphatic carbocycles. The van der Waals surface area contributed by atoms with Crippen LogP contribution in [0.3, 0.4) is 0 Å². The van der Waals surface area contributed by atoms with Crippen molar-refractivity contribution in [3.63, 3.8) is 0 Å². The third kappa shape index (κ3) is 6.44. The number of hydrogen-bond donors (Lipinski definition) is 2. The first-order valence-electron chi connectivity index (χ1n) is 12.6. The van der Waals surface area contributed by atoms with Crippen LogP contribution in [-0.2, 0) is 21.2 Å². The molecule has 2 N–H and O–H groups in total. The average molecular weight is 623 g/mol. The van der Waals surface area contributed by atoms with E-state index in [1.807, 2.05) is 36.4 Å². The van der Waals surface area contributed by atoms with Crippen LogP contribution in [0.2, 0.25) is 10.0 Å². The number of aromatic nitrogens is 2. The normalized spacial score (nSPS) is 11.3. The Morgan fingerprint density at radius 3 is 2.26 bits per heavy atom. The van der Waals surface area contributed by atoms with Crippen molar-refractivity contribution < 1.29 is 23.1 Å². The van der Waals surface area contributed by atoms with Gasteiger partial charge in [0.2, 0.25) is 10.0 Å². The van der Waals surface area contributed by atoms with Crippen LogP contribution in [0.5, 0.6) is 5.75 Å². The summed E-state index contributed by atoms with van der Waals surface area (Å²) in [6, 6.07) is 24.7. The van der Waals surface area contributed by atoms with Crippen LogP contribution < -0.4 is 4.72 Å². The van der Waals surface area contributed by atoms with Crippen LogP contribution in [0.15, 0.2) is 91.1 Å². The number of carbonyl (C=O) groups is 1. The lowest BCUT2D eigenvalue weighted by atomic mass is 10.0. The summed E-state index contributed by atoms with van der Waals surface area (Å²) in [4.78, 5) is 17.5. The number of rotatable bonds is 8. The van der Waals surface area contributed by atoms with Crippen molar-refractivity contribution in [3.8, 4) is 33.8 Å². The van der Waals surface area contributed by atoms with Gasteiger partial charge >= 0.3 is 5.97 Å². The number of anilines is 1. The van der Waals surface area contributed by atoms with E-state index in [2.05, 4.69) is 4.72 Å². The first-order chi connectivity index (χ1) is 20.0. The van der Waals surface area contributed by atoms with E-state index < -0.39 is 16.0 Å². The molecule has 0 saturated carbocycles. The van der Waals surface area contributed by atoms with Crippen molar-refractivity contribution in [3.05, 3.63) is 118 Å². The summed E-state index contributed by atoms with van der Waals surface area (Å²) in [5, 5.41) is 10.5. The average Bonchev–Trinajstić information content (AvgIpc) is 3.35. The lowest BCUT2D eigenvalue weighted by Crippen LogP contribution is -2.17. The fourth-order valence-corrected chi connectivity index (χ4v) is 5.63. The smallest absolute Gasteiger partial charge is 0.340 e. The number of aromatic hydroxyl groups is 1. The van der Waals surface area contributed by atoms with Crippen LogP contribution >= 0.6 is 23.2 Å². The number of nitrogens with zero attached hydrogens (tertiary/aromatic N) is 2. The van der Waals surface area contributed by atoms with Gasteiger partial charge in [0.15, 0.2) is 0 Å². The maximum Gasteiger partial charge on any atom is 0.340 e. The molecule has 5 aromatic rings. The molecular weight excluding hydrogens is 597 g/mol. The first kappa shape index (κ1) is 29.2. The van der Waals surface area contributed by atoms with Crippen molar-refractivity contribution in [1.82, 2.24) is 9.55 Å². The largest absolute Gasteiger partial charge is 0.508 e. The lowest BCUT2D eigenvalue weighted by Gasteiger charge is -2.17. The van der Waals surface area contributed by atoms with E-state index in [4.69, 9.17) is 32.9 Å². The molecule has 0 saturated heterocycles. The summed E-state index contributed by atoms with van der Waals surface area (Å²) in [6.45, 7) is 0. The molecule has 0 bridgehead atoms. The Hall–Kier alpha value is -4.31. The monoisotopic (exact) mass is 621 g/mol. The molecule has 0 aliphatic heterocycles. The molecule has 1 heterocycles. The summed E-state index contributed by atoms with van der Waals surface area (Å²) >= 11 is 12.6. The fraction of sp³-hybridized carbons (Fsp3) is 0.0968. The number of phenolic OH excluding ortho intramolecular Hbond substituents is 1. The molecule has 0 aliphatic rings. The van der Waals surface area contributed by atoms with Crippen LogP contribution in [0, 0.1) is 0 Å². The van der Waals surface area contributed by atoms with Crippen molar-refractivity contribution >= 4 is 44.9 Å². The van der Waals surface area contributed by atoms with Gasteiger partial charge in [0.25, 0.3) is 0 Å². The molecule has 0 radical (unpaired) electrons. The van der Waals surface area contributed by atoms with Gasteiger partial charge in [-0.3, -0.25) is 4.72 Å². The van der Waals surface area contributed by atoms with Gasteiger partial charge in [-0.25, -0.2) is 18.2 Å². The lowest BCUT2D eigenvalue weighted by molar-refractivity contribution is 0.0602. The Balaban J connectivity index is 1.64. The minimum Gasteiger partial charge on any atom is -0.508 e. The second kappa shape index (κ2) is 11.9. The molecular formula is C31H25Cl2N3O5S. The molecule has 4 aromatic carbocycles. The van der Waals surface area contributed by atoms with Gasteiger partial charge in [0.05, 0.1) is 41.0 Å². The highest BCUT2D eigenvalue weighted by Gasteiger charge is 2.22. The number of nitrogens with one attached hydrogen (secondary N) is 1. The zero-order chi connectivity index (χ0) is 30.0. The van der Waals surface area contributed by atoms with Crippen molar-refractivity contribution in [2.75, 3.05) is 18.1 Å². The molecule has 0 fully saturated rings. The Bertz CT molecular complexity index is 1890. The Labute approximate surface area is 253 Å². The predicted molar refractivity (Wildman–Crippen MR) is 165 cm³/mol. The molecule has 0 spiro atoms. The van der Waals surface area contributed by atoms with Crippen molar-refractivity contribution in [2.24, 2.45) is 0 Å². The van der Waals surface area contributed by atoms with E-state index in [-0.39, 0.29) is 17.0 Å². The van der Waals surface area contributed by atoms with E-state index in [0.29, 0.717) is 39.2 Å². The first-order valence-corrected chi connectivity index (χ1v) is 15.3. The van der Waals surface area contributed by atoms with E-state index in [1.165, 1.54) is 13.2 Å². The minimum atomic E-state index is -3.78. The number of esters is 1. The third-order valence-corrected chi connectivity index (χ3v) is 7.62. The number of benzene rings is 4. The maximum absolute atomic E-state index is 12.6. The van der Waals surface area contributed by atoms with Crippen LogP contribution in [0.4, 0.5) is 5.69 Å². The number of ether oxygens (including phenoxy) is 1. The molecule has 0 amide bonds. The zero-order valence-corrected chi connectivity index (χ0v) is 24.8. The predicted octanol–water partition coefficient (Wildman–Crippen LogP) is 6.97. The summed E-state index contributed by atoms with van der Waals surface area (Å²) in [5.74, 6) is 0.0576. The number of para-hydroxylation sites is 1. The van der Waals surface area contributed by atoms with E-state index >= 15 is 0 Å². The number of sulfonamides is 1. The summed E-state index contributed by atoms with van der Waals surface area (Å²) in [6.07, 6.45) is 3.11. The molecule has 8 nitrogen and oxygen atoms in total. The van der Waals surface area contributed by atoms with Gasteiger partial charge in [-0.05, 0) is 59.2 Å². The van der Waals surface area contributed by atoms with Crippen LogP contribution in [-0.4, -0.2) is 42.4 Å². The maximum atomic E-state index is 12.6. The van der Waals surface area contributed by atoms with Crippen LogP contribution in [0.25, 0.3) is 28.1 Å². The summed E-state index contributed by atoms with van der Waals surface area (Å²) in [7, 11) is -2.55. The highest BCUT2D eigenvalue weighted by Crippen LogP contribution is 2.34. The van der Waals surface area contributed by atoms with Crippen molar-refractivity contribution in [1.29, 1.82) is 0 Å². The Morgan fingerprint density at radius 2 is 1.64 bits per heavy atom. The second-order valence-corrected chi connectivity index (χ2v) is 12.1. The quantitative estimate of drug-likeness (QED) is 0.181. The Morgan fingerprint density at radius 1 is 0.976 bits per heavy atom. The van der Waals surface area contributed by atoms with E-state index in [0.717, 1.165) is 22.9 Å². The van der Waals surface area contributed by atoms with Gasteiger partial charge in [-0.2, -0.15) is 0 Å². The van der Waals surface area contributed by atoms with Crippen molar-refractivity contribution in [2.45, 2.75) is 6.42 Å². The highest BCUT2D eigenvalue weighted by atomic mass is 35.5. The van der Waals surface area contributed by atoms with Gasteiger partial charge in [-0.1, -0.05) is 65.7 Å². The minimum absolute atomic E-state index is 0.0457. The fourth-order valence-electron chi connectivity index (χ4n) is 4.54. The third-order valence-electron chi connectivity index (χ3n) is 6.50. The Kier molecular flexibility index (Phi) is 8.27. The molecule has 0 atom stereocenters. The zero-order valence-electron chi connectivity index (χ0n) is 22.5. The molecule has 214 valence electrons. The second-order valence-electron chi connectivity index (χ2n) is 9.52. The van der Waals surface area contributed by atoms with E-state index in [9.17, 15) is 18.3 Å².